The molecule has 0 spiro atoms. The number of hydrogen-bond acceptors (Lipinski definition) is 7. The summed E-state index contributed by atoms with van der Waals surface area (Å²) in [6, 6.07) is 58.2. The lowest BCUT2D eigenvalue weighted by molar-refractivity contribution is 0.622. The van der Waals surface area contributed by atoms with E-state index < -0.39 is 0 Å². The van der Waals surface area contributed by atoms with Gasteiger partial charge in [0.1, 0.15) is 16.7 Å². The highest BCUT2D eigenvalue weighted by molar-refractivity contribution is 7.26. The van der Waals surface area contributed by atoms with Crippen molar-refractivity contribution in [2.24, 2.45) is 0 Å². The Morgan fingerprint density at radius 1 is 0.404 bits per heavy atom. The van der Waals surface area contributed by atoms with Gasteiger partial charge in [0.2, 0.25) is 5.89 Å². The summed E-state index contributed by atoms with van der Waals surface area (Å²) in [4.78, 5) is 20.1. The van der Waals surface area contributed by atoms with Crippen molar-refractivity contribution < 1.29 is 8.83 Å². The number of fused-ring (bicyclic) bond motifs is 10. The van der Waals surface area contributed by atoms with Gasteiger partial charge in [0, 0.05) is 47.8 Å². The van der Waals surface area contributed by atoms with E-state index in [1.807, 2.05) is 90.2 Å². The highest BCUT2D eigenvalue weighted by atomic mass is 32.1. The first-order valence-electron chi connectivity index (χ1n) is 18.8. The first kappa shape index (κ1) is 31.8. The number of benzene rings is 8. The van der Waals surface area contributed by atoms with E-state index in [1.165, 1.54) is 25.7 Å². The van der Waals surface area contributed by atoms with Gasteiger partial charge in [-0.2, -0.15) is 0 Å². The summed E-state index contributed by atoms with van der Waals surface area (Å²) < 4.78 is 15.5. The third kappa shape index (κ3) is 5.17. The average molecular weight is 749 g/mol. The van der Waals surface area contributed by atoms with E-state index in [0.717, 1.165) is 66.0 Å². The average Bonchev–Trinajstić information content (AvgIpc) is 4.00. The van der Waals surface area contributed by atoms with Crippen LogP contribution >= 0.6 is 11.3 Å². The molecule has 0 unspecified atom stereocenters. The Kier molecular flexibility index (Phi) is 7.00. The molecule has 0 radical (unpaired) electrons. The Morgan fingerprint density at radius 3 is 1.82 bits per heavy atom. The van der Waals surface area contributed by atoms with Crippen LogP contribution in [0.3, 0.4) is 0 Å². The highest BCUT2D eigenvalue weighted by Gasteiger charge is 2.20. The van der Waals surface area contributed by atoms with E-state index in [4.69, 9.17) is 28.8 Å². The second kappa shape index (κ2) is 12.5. The molecule has 0 fully saturated rings. The Balaban J connectivity index is 1.01. The summed E-state index contributed by atoms with van der Waals surface area (Å²) in [5.74, 6) is 2.37. The minimum Gasteiger partial charge on any atom is -0.456 e. The lowest BCUT2D eigenvalue weighted by Gasteiger charge is -2.10. The number of nitrogens with zero attached hydrogens (tertiary/aromatic N) is 4. The maximum Gasteiger partial charge on any atom is 0.227 e. The standard InChI is InChI=1S/C50H28N4O2S/c1-3-10-31(11-4-1)47-52-48(32-21-18-29(19-22-32)35-15-9-16-37-36-14-7-8-17-42(36)57-46(35)37)54-49(53-47)34-23-20-30-24-26-40-43(38(30)28-34)44-41(55-40)27-25-39-45(44)56-50(51-39)33-12-5-2-6-13-33/h1-28H. The van der Waals surface area contributed by atoms with Gasteiger partial charge < -0.3 is 8.83 Å². The SMILES string of the molecule is c1ccc(-c2nc(-c3ccc(-c4cccc5c4sc4ccccc45)cc3)nc(-c3ccc4ccc5oc6ccc7nc(-c8ccccc8)oc7c6c5c4c3)n2)cc1. The molecule has 0 aliphatic heterocycles. The van der Waals surface area contributed by atoms with Crippen LogP contribution in [0.4, 0.5) is 0 Å². The third-order valence-corrected chi connectivity index (χ3v) is 12.0. The number of thiophene rings is 1. The van der Waals surface area contributed by atoms with Crippen molar-refractivity contribution in [3.63, 3.8) is 0 Å². The minimum absolute atomic E-state index is 0.574. The van der Waals surface area contributed by atoms with Crippen molar-refractivity contribution in [2.45, 2.75) is 0 Å². The van der Waals surface area contributed by atoms with Crippen LogP contribution in [-0.4, -0.2) is 19.9 Å². The van der Waals surface area contributed by atoms with E-state index in [-0.39, 0.29) is 0 Å². The zero-order valence-corrected chi connectivity index (χ0v) is 31.0. The molecule has 57 heavy (non-hydrogen) atoms. The van der Waals surface area contributed by atoms with Crippen molar-refractivity contribution in [2.75, 3.05) is 0 Å². The number of furan rings is 1. The van der Waals surface area contributed by atoms with Gasteiger partial charge in [-0.3, -0.25) is 0 Å². The second-order valence-electron chi connectivity index (χ2n) is 14.2. The molecule has 7 heteroatoms. The molecule has 4 aromatic heterocycles. The van der Waals surface area contributed by atoms with Crippen molar-refractivity contribution in [1.82, 2.24) is 19.9 Å². The molecule has 0 bridgehead atoms. The lowest BCUT2D eigenvalue weighted by Crippen LogP contribution is -2.00. The normalized spacial score (nSPS) is 11.9. The minimum atomic E-state index is 0.574. The molecule has 0 N–H and O–H groups in total. The molecular weight excluding hydrogens is 721 g/mol. The van der Waals surface area contributed by atoms with Gasteiger partial charge in [-0.15, -0.1) is 11.3 Å². The van der Waals surface area contributed by atoms with Crippen molar-refractivity contribution in [3.05, 3.63) is 170 Å². The van der Waals surface area contributed by atoms with Crippen LogP contribution in [-0.2, 0) is 0 Å². The van der Waals surface area contributed by atoms with Gasteiger partial charge >= 0.3 is 0 Å². The van der Waals surface area contributed by atoms with Crippen LogP contribution in [0, 0.1) is 0 Å². The van der Waals surface area contributed by atoms with Crippen LogP contribution in [0.5, 0.6) is 0 Å². The molecule has 0 saturated carbocycles. The summed E-state index contributed by atoms with van der Waals surface area (Å²) in [5.41, 5.74) is 8.97. The Bertz CT molecular complexity index is 3520. The van der Waals surface area contributed by atoms with E-state index in [0.29, 0.717) is 28.9 Å². The first-order chi connectivity index (χ1) is 28.2. The fourth-order valence-electron chi connectivity index (χ4n) is 8.02. The third-order valence-electron chi connectivity index (χ3n) is 10.8. The molecular formula is C50H28N4O2S. The molecule has 0 aliphatic rings. The van der Waals surface area contributed by atoms with Gasteiger partial charge in [0.05, 0.1) is 5.39 Å². The molecule has 0 saturated heterocycles. The highest BCUT2D eigenvalue weighted by Crippen LogP contribution is 2.42. The predicted octanol–water partition coefficient (Wildman–Crippen LogP) is 13.8. The molecule has 0 amide bonds. The summed E-state index contributed by atoms with van der Waals surface area (Å²) >= 11 is 1.84. The molecule has 266 valence electrons. The molecule has 8 aromatic carbocycles. The first-order valence-corrected chi connectivity index (χ1v) is 19.6. The van der Waals surface area contributed by atoms with Crippen molar-refractivity contribution >= 4 is 75.3 Å². The Hall–Kier alpha value is -7.48. The Labute approximate surface area is 329 Å². The molecule has 12 rings (SSSR count). The number of aromatic nitrogens is 4. The summed E-state index contributed by atoms with van der Waals surface area (Å²) in [6.07, 6.45) is 0. The number of oxazole rings is 1. The largest absolute Gasteiger partial charge is 0.456 e. The van der Waals surface area contributed by atoms with Crippen LogP contribution < -0.4 is 0 Å². The van der Waals surface area contributed by atoms with Crippen LogP contribution in [0.1, 0.15) is 0 Å². The maximum absolute atomic E-state index is 6.49. The second-order valence-corrected chi connectivity index (χ2v) is 15.2. The van der Waals surface area contributed by atoms with Crippen molar-refractivity contribution in [3.8, 4) is 56.7 Å². The van der Waals surface area contributed by atoms with Gasteiger partial charge in [-0.1, -0.05) is 127 Å². The van der Waals surface area contributed by atoms with Gasteiger partial charge in [-0.25, -0.2) is 19.9 Å². The van der Waals surface area contributed by atoms with Crippen molar-refractivity contribution in [1.29, 1.82) is 0 Å². The van der Waals surface area contributed by atoms with Gasteiger partial charge in [-0.05, 0) is 64.4 Å². The van der Waals surface area contributed by atoms with Gasteiger partial charge in [0.25, 0.3) is 0 Å². The summed E-state index contributed by atoms with van der Waals surface area (Å²) in [5, 5.41) is 6.51. The van der Waals surface area contributed by atoms with E-state index >= 15 is 0 Å². The topological polar surface area (TPSA) is 77.8 Å². The Morgan fingerprint density at radius 2 is 1.02 bits per heavy atom. The molecule has 0 aliphatic carbocycles. The predicted molar refractivity (Wildman–Crippen MR) is 232 cm³/mol. The van der Waals surface area contributed by atoms with E-state index in [1.54, 1.807) is 0 Å². The molecule has 12 aromatic rings. The zero-order valence-electron chi connectivity index (χ0n) is 30.2. The van der Waals surface area contributed by atoms with Crippen LogP contribution in [0.25, 0.3) is 121 Å². The number of hydrogen-bond donors (Lipinski definition) is 0. The van der Waals surface area contributed by atoms with E-state index in [2.05, 4.69) is 91.0 Å². The monoisotopic (exact) mass is 748 g/mol. The molecule has 0 atom stereocenters. The maximum atomic E-state index is 6.49. The summed E-state index contributed by atoms with van der Waals surface area (Å²) in [6.45, 7) is 0. The van der Waals surface area contributed by atoms with Crippen LogP contribution in [0.2, 0.25) is 0 Å². The molecule has 6 nitrogen and oxygen atoms in total. The number of rotatable bonds is 5. The molecule has 4 heterocycles. The van der Waals surface area contributed by atoms with E-state index in [9.17, 15) is 0 Å². The smallest absolute Gasteiger partial charge is 0.227 e. The van der Waals surface area contributed by atoms with Crippen LogP contribution in [0.15, 0.2) is 179 Å². The fourth-order valence-corrected chi connectivity index (χ4v) is 9.26. The van der Waals surface area contributed by atoms with Gasteiger partial charge in [0.15, 0.2) is 23.1 Å². The summed E-state index contributed by atoms with van der Waals surface area (Å²) in [7, 11) is 0. The zero-order chi connectivity index (χ0) is 37.5. The lowest BCUT2D eigenvalue weighted by atomic mass is 10.0. The quantitative estimate of drug-likeness (QED) is 0.174. The fraction of sp³-hybridized carbons (Fsp3) is 0.